The summed E-state index contributed by atoms with van der Waals surface area (Å²) in [6.07, 6.45) is 19.8. The van der Waals surface area contributed by atoms with Crippen molar-refractivity contribution in [2.24, 2.45) is 0 Å². The molecule has 364 valence electrons. The molecule has 0 N–H and O–H groups in total. The molecule has 0 saturated heterocycles. The van der Waals surface area contributed by atoms with E-state index in [1.54, 1.807) is 7.05 Å². The van der Waals surface area contributed by atoms with Gasteiger partial charge in [0.15, 0.2) is 0 Å². The first-order valence-electron chi connectivity index (χ1n) is 23.6. The second kappa shape index (κ2) is 47.8. The Hall–Kier alpha value is -1.66. The summed E-state index contributed by atoms with van der Waals surface area (Å²) in [6.45, 7) is 17.9. The first kappa shape index (κ1) is 59.3. The molecule has 0 fully saturated rings. The van der Waals surface area contributed by atoms with Crippen LogP contribution < -0.4 is 0 Å². The Morgan fingerprint density at radius 3 is 0.934 bits per heavy atom. The van der Waals surface area contributed by atoms with Gasteiger partial charge in [-0.15, -0.1) is 0 Å². The van der Waals surface area contributed by atoms with E-state index in [9.17, 15) is 9.59 Å². The largest absolute Gasteiger partial charge is 0.463 e. The Morgan fingerprint density at radius 2 is 0.639 bits per heavy atom. The molecule has 0 saturated carbocycles. The maximum Gasteiger partial charge on any atom is 0.410 e. The van der Waals surface area contributed by atoms with Crippen molar-refractivity contribution in [3.63, 3.8) is 0 Å². The predicted octanol–water partition coefficient (Wildman–Crippen LogP) is 7.82. The zero-order valence-corrected chi connectivity index (χ0v) is 39.5. The fourth-order valence-electron chi connectivity index (χ4n) is 5.64. The first-order chi connectivity index (χ1) is 29.8. The number of rotatable bonds is 49. The SMILES string of the molecule is CCCCCCCCCCCCCCCCCC(=O)OCCOCCOCCOCCOCCOCCOCCOCCOCCOCCOCCN(C)C(=O)OC(C)(C)C. The van der Waals surface area contributed by atoms with Crippen molar-refractivity contribution in [3.05, 3.63) is 0 Å². The number of nitrogens with zero attached hydrogens (tertiary/aromatic N) is 1. The van der Waals surface area contributed by atoms with E-state index in [0.717, 1.165) is 12.8 Å². The van der Waals surface area contributed by atoms with Crippen LogP contribution in [0, 0.1) is 0 Å². The first-order valence-corrected chi connectivity index (χ1v) is 23.6. The average molecular weight is 882 g/mol. The number of esters is 1. The Balaban J connectivity index is 3.18. The Bertz CT molecular complexity index is 910. The molecule has 0 unspecified atom stereocenters. The molecule has 0 aliphatic rings. The quantitative estimate of drug-likeness (QED) is 0.0432. The van der Waals surface area contributed by atoms with Crippen LogP contribution in [0.3, 0.4) is 0 Å². The summed E-state index contributed by atoms with van der Waals surface area (Å²) in [6, 6.07) is 0. The Morgan fingerprint density at radius 1 is 0.377 bits per heavy atom. The summed E-state index contributed by atoms with van der Waals surface area (Å²) in [4.78, 5) is 25.3. The topological polar surface area (TPSA) is 148 Å². The molecular formula is C46H91NO14. The zero-order valence-electron chi connectivity index (χ0n) is 39.5. The number of hydrogen-bond donors (Lipinski definition) is 0. The lowest BCUT2D eigenvalue weighted by molar-refractivity contribution is -0.145. The van der Waals surface area contributed by atoms with E-state index in [0.29, 0.717) is 145 Å². The molecule has 0 aromatic heterocycles. The summed E-state index contributed by atoms with van der Waals surface area (Å²) in [7, 11) is 1.68. The van der Waals surface area contributed by atoms with Crippen LogP contribution in [0.2, 0.25) is 0 Å². The van der Waals surface area contributed by atoms with E-state index in [4.69, 9.17) is 56.8 Å². The van der Waals surface area contributed by atoms with Crippen LogP contribution in [0.15, 0.2) is 0 Å². The molecule has 0 aromatic rings. The lowest BCUT2D eigenvalue weighted by Crippen LogP contribution is -2.36. The van der Waals surface area contributed by atoms with Crippen LogP contribution in [0.25, 0.3) is 0 Å². The molecule has 0 aliphatic heterocycles. The summed E-state index contributed by atoms with van der Waals surface area (Å²) in [5.41, 5.74) is -0.514. The van der Waals surface area contributed by atoms with Gasteiger partial charge in [0.05, 0.1) is 132 Å². The molecule has 1 amide bonds. The van der Waals surface area contributed by atoms with E-state index >= 15 is 0 Å². The number of ether oxygens (including phenoxy) is 12. The highest BCUT2D eigenvalue weighted by molar-refractivity contribution is 5.69. The minimum absolute atomic E-state index is 0.134. The van der Waals surface area contributed by atoms with Gasteiger partial charge in [0.25, 0.3) is 0 Å². The molecular weight excluding hydrogens is 790 g/mol. The van der Waals surface area contributed by atoms with Crippen LogP contribution >= 0.6 is 0 Å². The molecule has 0 aromatic carbocycles. The van der Waals surface area contributed by atoms with E-state index in [1.807, 2.05) is 20.8 Å². The van der Waals surface area contributed by atoms with Gasteiger partial charge in [-0.3, -0.25) is 4.79 Å². The second-order valence-electron chi connectivity index (χ2n) is 15.9. The maximum atomic E-state index is 11.9. The molecule has 0 rings (SSSR count). The van der Waals surface area contributed by atoms with Crippen LogP contribution in [-0.2, 0) is 61.6 Å². The molecule has 15 nitrogen and oxygen atoms in total. The van der Waals surface area contributed by atoms with Crippen molar-refractivity contribution in [2.45, 2.75) is 136 Å². The third kappa shape index (κ3) is 50.9. The monoisotopic (exact) mass is 882 g/mol. The van der Waals surface area contributed by atoms with Gasteiger partial charge >= 0.3 is 12.1 Å². The van der Waals surface area contributed by atoms with Crippen molar-refractivity contribution in [1.82, 2.24) is 4.90 Å². The summed E-state index contributed by atoms with van der Waals surface area (Å²) in [5, 5.41) is 0. The number of likely N-dealkylation sites (N-methyl/N-ethyl adjacent to an activating group) is 1. The van der Waals surface area contributed by atoms with Gasteiger partial charge in [-0.1, -0.05) is 96.8 Å². The lowest BCUT2D eigenvalue weighted by Gasteiger charge is -2.24. The average Bonchev–Trinajstić information content (AvgIpc) is 3.23. The van der Waals surface area contributed by atoms with Gasteiger partial charge < -0.3 is 61.7 Å². The van der Waals surface area contributed by atoms with Crippen LogP contribution in [-0.4, -0.2) is 175 Å². The number of amides is 1. The third-order valence-electron chi connectivity index (χ3n) is 9.10. The third-order valence-corrected chi connectivity index (χ3v) is 9.10. The molecule has 0 bridgehead atoms. The summed E-state index contributed by atoms with van der Waals surface area (Å²) >= 11 is 0. The summed E-state index contributed by atoms with van der Waals surface area (Å²) < 4.78 is 65.5. The van der Waals surface area contributed by atoms with Crippen molar-refractivity contribution in [1.29, 1.82) is 0 Å². The fourth-order valence-corrected chi connectivity index (χ4v) is 5.64. The van der Waals surface area contributed by atoms with Crippen molar-refractivity contribution in [3.8, 4) is 0 Å². The minimum Gasteiger partial charge on any atom is -0.463 e. The minimum atomic E-state index is -0.514. The van der Waals surface area contributed by atoms with Gasteiger partial charge in [-0.05, 0) is 27.2 Å². The Kier molecular flexibility index (Phi) is 46.5. The number of unbranched alkanes of at least 4 members (excludes halogenated alkanes) is 14. The van der Waals surface area contributed by atoms with Crippen molar-refractivity contribution in [2.75, 3.05) is 152 Å². The molecule has 0 atom stereocenters. The van der Waals surface area contributed by atoms with Gasteiger partial charge in [-0.2, -0.15) is 0 Å². The molecule has 0 heterocycles. The van der Waals surface area contributed by atoms with Gasteiger partial charge in [0.1, 0.15) is 12.2 Å². The normalized spacial score (nSPS) is 11.7. The molecule has 15 heteroatoms. The van der Waals surface area contributed by atoms with Gasteiger partial charge in [-0.25, -0.2) is 4.79 Å². The second-order valence-corrected chi connectivity index (χ2v) is 15.9. The standard InChI is InChI=1S/C46H91NO14/c1-6-7-8-9-10-11-12-13-14-15-16-17-18-19-20-21-44(48)60-43-42-59-41-40-58-39-38-57-37-36-56-35-34-55-33-32-54-31-30-53-29-28-52-27-26-51-25-24-50-23-22-47(5)45(49)61-46(2,3)4/h6-43H2,1-5H3. The van der Waals surface area contributed by atoms with Crippen molar-refractivity contribution < 1.29 is 66.4 Å². The number of carbonyl (C=O) groups is 2. The van der Waals surface area contributed by atoms with Crippen LogP contribution in [0.4, 0.5) is 4.79 Å². The van der Waals surface area contributed by atoms with E-state index in [2.05, 4.69) is 6.92 Å². The highest BCUT2D eigenvalue weighted by atomic mass is 16.6. The van der Waals surface area contributed by atoms with Gasteiger partial charge in [0.2, 0.25) is 0 Å². The summed E-state index contributed by atoms with van der Waals surface area (Å²) in [5.74, 6) is -0.134. The molecule has 0 spiro atoms. The van der Waals surface area contributed by atoms with E-state index < -0.39 is 5.60 Å². The van der Waals surface area contributed by atoms with E-state index in [1.165, 1.54) is 88.4 Å². The van der Waals surface area contributed by atoms with Gasteiger partial charge in [0, 0.05) is 20.0 Å². The molecule has 0 radical (unpaired) electrons. The Labute approximate surface area is 371 Å². The molecule has 0 aliphatic carbocycles. The maximum absolute atomic E-state index is 11.9. The highest BCUT2D eigenvalue weighted by Crippen LogP contribution is 2.14. The predicted molar refractivity (Wildman–Crippen MR) is 238 cm³/mol. The van der Waals surface area contributed by atoms with Crippen LogP contribution in [0.5, 0.6) is 0 Å². The zero-order chi connectivity index (χ0) is 44.6. The smallest absolute Gasteiger partial charge is 0.410 e. The number of carbonyl (C=O) groups excluding carboxylic acids is 2. The molecule has 61 heavy (non-hydrogen) atoms. The lowest BCUT2D eigenvalue weighted by atomic mass is 10.0. The van der Waals surface area contributed by atoms with Crippen molar-refractivity contribution >= 4 is 12.1 Å². The van der Waals surface area contributed by atoms with Crippen LogP contribution in [0.1, 0.15) is 130 Å². The van der Waals surface area contributed by atoms with E-state index in [-0.39, 0.29) is 18.7 Å². The fraction of sp³-hybridized carbons (Fsp3) is 0.957. The number of hydrogen-bond acceptors (Lipinski definition) is 14. The highest BCUT2D eigenvalue weighted by Gasteiger charge is 2.19.